The van der Waals surface area contributed by atoms with E-state index in [2.05, 4.69) is 20.9 Å². The molecule has 3 unspecified atom stereocenters. The number of anilines is 2. The first kappa shape index (κ1) is 22.9. The molecule has 8 nitrogen and oxygen atoms in total. The van der Waals surface area contributed by atoms with E-state index in [1.807, 2.05) is 61.5 Å². The molecular weight excluding hydrogens is 474 g/mol. The summed E-state index contributed by atoms with van der Waals surface area (Å²) in [6.07, 6.45) is 3.70. The second-order valence-corrected chi connectivity index (χ2v) is 10.4. The smallest absolute Gasteiger partial charge is 0.327 e. The number of aromatic nitrogens is 1. The molecule has 3 N–H and O–H groups in total. The van der Waals surface area contributed by atoms with E-state index in [9.17, 15) is 9.59 Å². The maximum absolute atomic E-state index is 13.5. The van der Waals surface area contributed by atoms with Crippen molar-refractivity contribution < 1.29 is 14.3 Å². The Bertz CT molecular complexity index is 1310. The molecule has 3 aromatic rings. The Morgan fingerprint density at radius 3 is 2.81 bits per heavy atom. The van der Waals surface area contributed by atoms with E-state index in [4.69, 9.17) is 4.74 Å². The van der Waals surface area contributed by atoms with Crippen LogP contribution in [-0.4, -0.2) is 41.3 Å². The van der Waals surface area contributed by atoms with E-state index in [0.717, 1.165) is 59.2 Å². The Balaban J connectivity index is 1.31. The summed E-state index contributed by atoms with van der Waals surface area (Å²) in [6, 6.07) is 16.5. The van der Waals surface area contributed by atoms with Crippen molar-refractivity contribution in [3.63, 3.8) is 0 Å². The predicted octanol–water partition coefficient (Wildman–Crippen LogP) is 4.43. The summed E-state index contributed by atoms with van der Waals surface area (Å²) in [5.74, 6) is 1.29. The third-order valence-corrected chi connectivity index (χ3v) is 8.10. The summed E-state index contributed by atoms with van der Waals surface area (Å²) in [4.78, 5) is 33.0. The lowest BCUT2D eigenvalue weighted by atomic mass is 9.99. The Kier molecular flexibility index (Phi) is 6.02. The van der Waals surface area contributed by atoms with Gasteiger partial charge in [0.25, 0.3) is 0 Å². The van der Waals surface area contributed by atoms with Crippen molar-refractivity contribution in [1.29, 1.82) is 0 Å². The van der Waals surface area contributed by atoms with Gasteiger partial charge in [0.1, 0.15) is 21.8 Å². The number of ether oxygens (including phenoxy) is 1. The van der Waals surface area contributed by atoms with Crippen molar-refractivity contribution in [2.24, 2.45) is 0 Å². The number of benzene rings is 2. The Labute approximate surface area is 213 Å². The van der Waals surface area contributed by atoms with Gasteiger partial charge in [0.05, 0.1) is 17.4 Å². The first-order valence-electron chi connectivity index (χ1n) is 12.2. The van der Waals surface area contributed by atoms with Gasteiger partial charge in [-0.15, -0.1) is 0 Å². The second-order valence-electron chi connectivity index (χ2n) is 9.27. The van der Waals surface area contributed by atoms with Crippen LogP contribution in [0.5, 0.6) is 11.5 Å². The first-order valence-corrected chi connectivity index (χ1v) is 13.1. The fourth-order valence-electron chi connectivity index (χ4n) is 5.04. The fourth-order valence-corrected chi connectivity index (χ4v) is 6.28. The largest absolute Gasteiger partial charge is 0.457 e. The second kappa shape index (κ2) is 9.48. The van der Waals surface area contributed by atoms with Crippen molar-refractivity contribution in [2.45, 2.75) is 42.1 Å². The molecule has 3 amide bonds. The molecule has 1 aromatic heterocycles. The van der Waals surface area contributed by atoms with Gasteiger partial charge in [-0.05, 0) is 56.1 Å². The highest BCUT2D eigenvalue weighted by molar-refractivity contribution is 8.01. The molecule has 3 aliphatic heterocycles. The highest BCUT2D eigenvalue weighted by atomic mass is 32.2. The van der Waals surface area contributed by atoms with Crippen molar-refractivity contribution in [3.8, 4) is 11.5 Å². The molecule has 0 spiro atoms. The molecular formula is C27H27N5O3S. The van der Waals surface area contributed by atoms with Crippen molar-refractivity contribution in [2.75, 3.05) is 18.0 Å². The number of carbonyl (C=O) groups excluding carboxylic acids is 2. The molecule has 0 bridgehead atoms. The molecule has 0 saturated carbocycles. The highest BCUT2D eigenvalue weighted by Crippen LogP contribution is 2.51. The molecule has 3 atom stereocenters. The minimum Gasteiger partial charge on any atom is -0.457 e. The van der Waals surface area contributed by atoms with Crippen LogP contribution in [0.25, 0.3) is 0 Å². The number of carbonyl (C=O) groups is 2. The van der Waals surface area contributed by atoms with Gasteiger partial charge in [0.2, 0.25) is 5.91 Å². The van der Waals surface area contributed by atoms with Crippen LogP contribution in [-0.2, 0) is 4.79 Å². The van der Waals surface area contributed by atoms with Gasteiger partial charge in [0.15, 0.2) is 0 Å². The van der Waals surface area contributed by atoms with E-state index in [0.29, 0.717) is 5.75 Å². The standard InChI is InChI=1S/C27H27N5O3S/c1-16-9-10-19(35-18-7-3-2-4-8-18)14-21(16)32-20-11-13-29-26-22(20)23(31-27(32)34)24(36-26)25(33)30-17-6-5-12-28-15-17/h2-4,7-11,13-14,17,23-24,28H,5-6,12,15H2,1H3,(H,30,33)(H,31,34). The molecule has 1 fully saturated rings. The zero-order valence-corrected chi connectivity index (χ0v) is 20.7. The summed E-state index contributed by atoms with van der Waals surface area (Å²) in [5.41, 5.74) is 3.28. The van der Waals surface area contributed by atoms with Gasteiger partial charge in [-0.25, -0.2) is 9.78 Å². The molecule has 0 radical (unpaired) electrons. The lowest BCUT2D eigenvalue weighted by molar-refractivity contribution is -0.121. The molecule has 36 heavy (non-hydrogen) atoms. The van der Waals surface area contributed by atoms with Crippen molar-refractivity contribution in [3.05, 3.63) is 71.9 Å². The molecule has 3 aliphatic rings. The van der Waals surface area contributed by atoms with Crippen LogP contribution in [0.1, 0.15) is 30.0 Å². The maximum atomic E-state index is 13.5. The Hall–Kier alpha value is -3.56. The van der Waals surface area contributed by atoms with Gasteiger partial charge in [-0.2, -0.15) is 0 Å². The maximum Gasteiger partial charge on any atom is 0.327 e. The lowest BCUT2D eigenvalue weighted by Gasteiger charge is -2.35. The number of hydrogen-bond acceptors (Lipinski definition) is 6. The van der Waals surface area contributed by atoms with Gasteiger partial charge >= 0.3 is 6.03 Å². The number of urea groups is 1. The molecule has 0 aliphatic carbocycles. The summed E-state index contributed by atoms with van der Waals surface area (Å²) in [5, 5.41) is 9.91. The summed E-state index contributed by atoms with van der Waals surface area (Å²) in [6.45, 7) is 3.71. The average Bonchev–Trinajstić information content (AvgIpc) is 3.26. The van der Waals surface area contributed by atoms with Crippen molar-refractivity contribution >= 4 is 35.1 Å². The number of aryl methyl sites for hydroxylation is 1. The van der Waals surface area contributed by atoms with Crippen LogP contribution in [0.4, 0.5) is 16.2 Å². The van der Waals surface area contributed by atoms with E-state index < -0.39 is 11.3 Å². The van der Waals surface area contributed by atoms with Gasteiger partial charge < -0.3 is 20.7 Å². The topological polar surface area (TPSA) is 95.6 Å². The molecule has 9 heteroatoms. The van der Waals surface area contributed by atoms with E-state index in [-0.39, 0.29) is 18.0 Å². The van der Waals surface area contributed by atoms with Crippen LogP contribution >= 0.6 is 11.8 Å². The quantitative estimate of drug-likeness (QED) is 0.479. The number of rotatable bonds is 5. The van der Waals surface area contributed by atoms with Gasteiger partial charge in [-0.1, -0.05) is 36.0 Å². The van der Waals surface area contributed by atoms with Crippen LogP contribution < -0.4 is 25.6 Å². The molecule has 4 heterocycles. The predicted molar refractivity (Wildman–Crippen MR) is 139 cm³/mol. The van der Waals surface area contributed by atoms with Crippen molar-refractivity contribution in [1.82, 2.24) is 20.9 Å². The van der Waals surface area contributed by atoms with Crippen LogP contribution in [0.3, 0.4) is 0 Å². The Morgan fingerprint density at radius 2 is 2.00 bits per heavy atom. The minimum absolute atomic E-state index is 0.0640. The lowest BCUT2D eigenvalue weighted by Crippen LogP contribution is -2.52. The van der Waals surface area contributed by atoms with Crippen LogP contribution in [0, 0.1) is 6.92 Å². The summed E-state index contributed by atoms with van der Waals surface area (Å²) < 4.78 is 6.03. The molecule has 6 rings (SSSR count). The number of nitrogens with zero attached hydrogens (tertiary/aromatic N) is 2. The number of pyridine rings is 1. The highest BCUT2D eigenvalue weighted by Gasteiger charge is 2.47. The fraction of sp³-hybridized carbons (Fsp3) is 0.296. The van der Waals surface area contributed by atoms with E-state index in [1.165, 1.54) is 11.8 Å². The molecule has 184 valence electrons. The SMILES string of the molecule is Cc1ccc(Oc2ccccc2)cc1N1C(=O)NC2c3c1ccnc3SC2C(=O)NC1CCCNC1. The monoisotopic (exact) mass is 501 g/mol. The van der Waals surface area contributed by atoms with Crippen LogP contribution in [0.15, 0.2) is 65.8 Å². The number of hydrogen-bond donors (Lipinski definition) is 3. The third kappa shape index (κ3) is 4.18. The number of piperidine rings is 1. The Morgan fingerprint density at radius 1 is 1.14 bits per heavy atom. The molecule has 1 saturated heterocycles. The first-order chi connectivity index (χ1) is 17.6. The third-order valence-electron chi connectivity index (χ3n) is 6.81. The van der Waals surface area contributed by atoms with Gasteiger partial charge in [0, 0.05) is 30.4 Å². The van der Waals surface area contributed by atoms with E-state index >= 15 is 0 Å². The average molecular weight is 502 g/mol. The molecule has 2 aromatic carbocycles. The summed E-state index contributed by atoms with van der Waals surface area (Å²) in [7, 11) is 0. The number of thioether (sulfide) groups is 1. The normalized spacial score (nSPS) is 22.5. The van der Waals surface area contributed by atoms with E-state index in [1.54, 1.807) is 11.1 Å². The zero-order chi connectivity index (χ0) is 24.6. The van der Waals surface area contributed by atoms with Crippen LogP contribution in [0.2, 0.25) is 0 Å². The number of amides is 3. The van der Waals surface area contributed by atoms with Gasteiger partial charge in [-0.3, -0.25) is 9.69 Å². The summed E-state index contributed by atoms with van der Waals surface area (Å²) >= 11 is 1.42. The zero-order valence-electron chi connectivity index (χ0n) is 19.9. The number of para-hydroxylation sites is 1. The minimum atomic E-state index is -0.462. The number of nitrogens with one attached hydrogen (secondary N) is 3.